The molecule has 0 aliphatic carbocycles. The number of aryl methyl sites for hydroxylation is 1. The molecule has 4 heteroatoms. The molecule has 94 valence electrons. The summed E-state index contributed by atoms with van der Waals surface area (Å²) in [6.45, 7) is 1.65. The van der Waals surface area contributed by atoms with Crippen molar-refractivity contribution >= 4 is 11.6 Å². The summed E-state index contributed by atoms with van der Waals surface area (Å²) in [6.07, 6.45) is 0. The van der Waals surface area contributed by atoms with E-state index in [-0.39, 0.29) is 12.4 Å². The fraction of sp³-hybridized carbons (Fsp3) is 0.143. The molecule has 0 heterocycles. The van der Waals surface area contributed by atoms with E-state index in [2.05, 4.69) is 0 Å². The maximum atomic E-state index is 13.6. The zero-order chi connectivity index (χ0) is 13.1. The molecule has 2 nitrogen and oxygen atoms in total. The average Bonchev–Trinajstić information content (AvgIpc) is 2.34. The topological polar surface area (TPSA) is 29.5 Å². The fourth-order valence-corrected chi connectivity index (χ4v) is 1.72. The lowest BCUT2D eigenvalue weighted by Gasteiger charge is -2.11. The van der Waals surface area contributed by atoms with Crippen molar-refractivity contribution < 1.29 is 14.2 Å². The van der Waals surface area contributed by atoms with Gasteiger partial charge < -0.3 is 9.84 Å². The summed E-state index contributed by atoms with van der Waals surface area (Å²) in [6, 6.07) is 9.44. The van der Waals surface area contributed by atoms with Crippen LogP contribution in [0, 0.1) is 12.7 Å². The molecule has 0 bridgehead atoms. The molecule has 0 unspecified atom stereocenters. The van der Waals surface area contributed by atoms with Gasteiger partial charge in [-0.05, 0) is 36.8 Å². The largest absolute Gasteiger partial charge is 0.454 e. The molecule has 0 radical (unpaired) electrons. The van der Waals surface area contributed by atoms with Crippen LogP contribution in [-0.4, -0.2) is 5.11 Å². The summed E-state index contributed by atoms with van der Waals surface area (Å²) in [7, 11) is 0. The predicted octanol–water partition coefficient (Wildman–Crippen LogP) is 4.07. The van der Waals surface area contributed by atoms with E-state index in [1.165, 1.54) is 6.07 Å². The standard InChI is InChI=1S/C14H12ClFO2/c1-9-2-5-12(16)14(6-9)18-13-7-11(15)4-3-10(13)8-17/h2-7,17H,8H2,1H3. The Bertz CT molecular complexity index is 570. The van der Waals surface area contributed by atoms with Gasteiger partial charge in [-0.3, -0.25) is 0 Å². The van der Waals surface area contributed by atoms with E-state index in [1.807, 2.05) is 6.92 Å². The minimum absolute atomic E-state index is 0.118. The quantitative estimate of drug-likeness (QED) is 0.907. The van der Waals surface area contributed by atoms with Crippen molar-refractivity contribution in [3.05, 3.63) is 58.4 Å². The first-order valence-electron chi connectivity index (χ1n) is 5.43. The number of hydrogen-bond acceptors (Lipinski definition) is 2. The Kier molecular flexibility index (Phi) is 3.84. The molecule has 0 atom stereocenters. The Morgan fingerprint density at radius 1 is 1.17 bits per heavy atom. The molecule has 2 aromatic carbocycles. The van der Waals surface area contributed by atoms with Crippen LogP contribution in [0.15, 0.2) is 36.4 Å². The first-order chi connectivity index (χ1) is 8.60. The zero-order valence-electron chi connectivity index (χ0n) is 9.78. The van der Waals surface area contributed by atoms with E-state index in [1.54, 1.807) is 30.3 Å². The van der Waals surface area contributed by atoms with Crippen LogP contribution >= 0.6 is 11.6 Å². The maximum absolute atomic E-state index is 13.6. The molecule has 0 fully saturated rings. The Morgan fingerprint density at radius 2 is 1.94 bits per heavy atom. The number of hydrogen-bond donors (Lipinski definition) is 1. The van der Waals surface area contributed by atoms with Gasteiger partial charge in [0.1, 0.15) is 5.75 Å². The highest BCUT2D eigenvalue weighted by Crippen LogP contribution is 2.30. The first kappa shape index (κ1) is 12.9. The molecule has 0 spiro atoms. The lowest BCUT2D eigenvalue weighted by molar-refractivity contribution is 0.276. The van der Waals surface area contributed by atoms with Crippen molar-refractivity contribution in [1.29, 1.82) is 0 Å². The van der Waals surface area contributed by atoms with Gasteiger partial charge in [0.05, 0.1) is 6.61 Å². The lowest BCUT2D eigenvalue weighted by Crippen LogP contribution is -1.94. The molecule has 0 aliphatic rings. The maximum Gasteiger partial charge on any atom is 0.165 e. The smallest absolute Gasteiger partial charge is 0.165 e. The third-order valence-electron chi connectivity index (χ3n) is 2.51. The van der Waals surface area contributed by atoms with Crippen LogP contribution in [0.5, 0.6) is 11.5 Å². The molecule has 2 rings (SSSR count). The van der Waals surface area contributed by atoms with Crippen molar-refractivity contribution in [1.82, 2.24) is 0 Å². The summed E-state index contributed by atoms with van der Waals surface area (Å²) in [5.41, 5.74) is 1.44. The molecule has 0 amide bonds. The Hall–Kier alpha value is -1.58. The summed E-state index contributed by atoms with van der Waals surface area (Å²) >= 11 is 5.86. The summed E-state index contributed by atoms with van der Waals surface area (Å²) in [5.74, 6) is 0.0194. The van der Waals surface area contributed by atoms with Gasteiger partial charge in [-0.1, -0.05) is 23.7 Å². The van der Waals surface area contributed by atoms with Crippen LogP contribution in [-0.2, 0) is 6.61 Å². The molecule has 0 aliphatic heterocycles. The van der Waals surface area contributed by atoms with Crippen LogP contribution in [0.3, 0.4) is 0 Å². The van der Waals surface area contributed by atoms with Crippen molar-refractivity contribution in [2.75, 3.05) is 0 Å². The number of rotatable bonds is 3. The molecule has 0 aromatic heterocycles. The van der Waals surface area contributed by atoms with Crippen LogP contribution in [0.1, 0.15) is 11.1 Å². The lowest BCUT2D eigenvalue weighted by atomic mass is 10.2. The fourth-order valence-electron chi connectivity index (χ4n) is 1.56. The van der Waals surface area contributed by atoms with Crippen molar-refractivity contribution in [2.24, 2.45) is 0 Å². The van der Waals surface area contributed by atoms with Gasteiger partial charge in [0.15, 0.2) is 11.6 Å². The summed E-state index contributed by atoms with van der Waals surface area (Å²) in [5, 5.41) is 9.66. The molecular formula is C14H12ClFO2. The number of aliphatic hydroxyl groups excluding tert-OH is 1. The molecule has 1 N–H and O–H groups in total. The highest BCUT2D eigenvalue weighted by molar-refractivity contribution is 6.30. The Balaban J connectivity index is 2.38. The summed E-state index contributed by atoms with van der Waals surface area (Å²) in [4.78, 5) is 0. The van der Waals surface area contributed by atoms with Crippen molar-refractivity contribution in [2.45, 2.75) is 13.5 Å². The predicted molar refractivity (Wildman–Crippen MR) is 68.6 cm³/mol. The second kappa shape index (κ2) is 5.38. The SMILES string of the molecule is Cc1ccc(F)c(Oc2cc(Cl)ccc2CO)c1. The number of halogens is 2. The second-order valence-electron chi connectivity index (χ2n) is 3.95. The van der Waals surface area contributed by atoms with Gasteiger partial charge in [-0.15, -0.1) is 0 Å². The zero-order valence-corrected chi connectivity index (χ0v) is 10.5. The van der Waals surface area contributed by atoms with E-state index in [9.17, 15) is 9.50 Å². The molecule has 2 aromatic rings. The Labute approximate surface area is 110 Å². The summed E-state index contributed by atoms with van der Waals surface area (Å²) < 4.78 is 19.0. The van der Waals surface area contributed by atoms with Crippen LogP contribution in [0.4, 0.5) is 4.39 Å². The minimum atomic E-state index is -0.454. The third-order valence-corrected chi connectivity index (χ3v) is 2.74. The van der Waals surface area contributed by atoms with Gasteiger partial charge in [-0.25, -0.2) is 4.39 Å². The molecule has 0 saturated heterocycles. The van der Waals surface area contributed by atoms with Crippen molar-refractivity contribution in [3.8, 4) is 11.5 Å². The number of benzene rings is 2. The van der Waals surface area contributed by atoms with E-state index < -0.39 is 5.82 Å². The Morgan fingerprint density at radius 3 is 2.67 bits per heavy atom. The number of ether oxygens (including phenoxy) is 1. The normalized spacial score (nSPS) is 10.4. The van der Waals surface area contributed by atoms with Gasteiger partial charge in [0, 0.05) is 10.6 Å². The van der Waals surface area contributed by atoms with E-state index in [0.29, 0.717) is 16.3 Å². The third kappa shape index (κ3) is 2.81. The number of aliphatic hydroxyl groups is 1. The minimum Gasteiger partial charge on any atom is -0.454 e. The van der Waals surface area contributed by atoms with Gasteiger partial charge >= 0.3 is 0 Å². The monoisotopic (exact) mass is 266 g/mol. The van der Waals surface area contributed by atoms with E-state index in [0.717, 1.165) is 5.56 Å². The highest BCUT2D eigenvalue weighted by Gasteiger charge is 2.09. The van der Waals surface area contributed by atoms with E-state index in [4.69, 9.17) is 16.3 Å². The molecule has 0 saturated carbocycles. The van der Waals surface area contributed by atoms with E-state index >= 15 is 0 Å². The highest BCUT2D eigenvalue weighted by atomic mass is 35.5. The molecular weight excluding hydrogens is 255 g/mol. The van der Waals surface area contributed by atoms with Crippen LogP contribution < -0.4 is 4.74 Å². The second-order valence-corrected chi connectivity index (χ2v) is 4.38. The van der Waals surface area contributed by atoms with Gasteiger partial charge in [0.2, 0.25) is 0 Å². The van der Waals surface area contributed by atoms with Crippen LogP contribution in [0.25, 0.3) is 0 Å². The van der Waals surface area contributed by atoms with Crippen molar-refractivity contribution in [3.63, 3.8) is 0 Å². The van der Waals surface area contributed by atoms with Gasteiger partial charge in [-0.2, -0.15) is 0 Å². The van der Waals surface area contributed by atoms with Gasteiger partial charge in [0.25, 0.3) is 0 Å². The average molecular weight is 267 g/mol. The first-order valence-corrected chi connectivity index (χ1v) is 5.81. The molecule has 18 heavy (non-hydrogen) atoms. The van der Waals surface area contributed by atoms with Crippen LogP contribution in [0.2, 0.25) is 5.02 Å².